The Bertz CT molecular complexity index is 1050. The van der Waals surface area contributed by atoms with E-state index in [1.54, 1.807) is 0 Å². The Balaban J connectivity index is 0.00000245. The first-order valence-corrected chi connectivity index (χ1v) is 11.0. The van der Waals surface area contributed by atoms with Gasteiger partial charge in [-0.05, 0) is 26.0 Å². The van der Waals surface area contributed by atoms with Crippen LogP contribution >= 0.6 is 0 Å². The van der Waals surface area contributed by atoms with Crippen LogP contribution in [0.25, 0.3) is 0 Å². The summed E-state index contributed by atoms with van der Waals surface area (Å²) >= 11 is 0. The molecule has 166 valence electrons. The number of ether oxygens (including phenoxy) is 2. The maximum Gasteiger partial charge on any atom is 0.318 e. The van der Waals surface area contributed by atoms with Gasteiger partial charge < -0.3 is 31.4 Å². The largest absolute Gasteiger partial charge is 1.00 e. The van der Waals surface area contributed by atoms with Crippen molar-refractivity contribution in [2.24, 2.45) is 0 Å². The standard InChI is InChI=1S/C27H27NO3.BrH/c1-27(2,19-10-4-3-5-11-19)28-17-16-20(18-28)30-26(29)25-21-12-6-8-14-23(21)31-24-15-9-7-13-22(24)25;/h3-15,20,25H,16-18H2,1-2H3;1H/t20-;/m0./s1. The Kier molecular flexibility index (Phi) is 6.40. The smallest absolute Gasteiger partial charge is 0.318 e. The zero-order valence-corrected chi connectivity index (χ0v) is 20.0. The molecular formula is C27H28BrNO3. The molecule has 0 radical (unpaired) electrons. The van der Waals surface area contributed by atoms with Gasteiger partial charge in [0.15, 0.2) is 6.10 Å². The zero-order chi connectivity index (χ0) is 21.4. The van der Waals surface area contributed by atoms with Crippen molar-refractivity contribution in [2.75, 3.05) is 13.1 Å². The highest BCUT2D eigenvalue weighted by Crippen LogP contribution is 2.44. The number of para-hydroxylation sites is 2. The lowest BCUT2D eigenvalue weighted by Crippen LogP contribution is -3.16. The molecule has 1 unspecified atom stereocenters. The molecule has 3 aromatic rings. The van der Waals surface area contributed by atoms with Gasteiger partial charge in [-0.15, -0.1) is 0 Å². The summed E-state index contributed by atoms with van der Waals surface area (Å²) in [5, 5.41) is 0. The minimum absolute atomic E-state index is 0. The number of quaternary nitrogens is 1. The number of hydrogen-bond acceptors (Lipinski definition) is 3. The van der Waals surface area contributed by atoms with Gasteiger partial charge in [-0.2, -0.15) is 0 Å². The summed E-state index contributed by atoms with van der Waals surface area (Å²) in [6.07, 6.45) is 0.803. The molecule has 0 aromatic heterocycles. The molecular weight excluding hydrogens is 466 g/mol. The lowest BCUT2D eigenvalue weighted by atomic mass is 9.88. The van der Waals surface area contributed by atoms with Crippen molar-refractivity contribution in [3.8, 4) is 11.5 Å². The van der Waals surface area contributed by atoms with E-state index < -0.39 is 5.92 Å². The van der Waals surface area contributed by atoms with Gasteiger partial charge in [-0.3, -0.25) is 4.79 Å². The molecule has 3 aromatic carbocycles. The molecule has 0 aliphatic carbocycles. The predicted molar refractivity (Wildman–Crippen MR) is 119 cm³/mol. The van der Waals surface area contributed by atoms with Crippen molar-refractivity contribution in [1.82, 2.24) is 0 Å². The van der Waals surface area contributed by atoms with Crippen LogP contribution in [-0.4, -0.2) is 25.2 Å². The van der Waals surface area contributed by atoms with E-state index in [-0.39, 0.29) is 34.6 Å². The fourth-order valence-corrected chi connectivity index (χ4v) is 4.94. The summed E-state index contributed by atoms with van der Waals surface area (Å²) in [6.45, 7) is 6.35. The van der Waals surface area contributed by atoms with E-state index in [9.17, 15) is 4.79 Å². The van der Waals surface area contributed by atoms with Crippen LogP contribution in [0.5, 0.6) is 11.5 Å². The fourth-order valence-electron chi connectivity index (χ4n) is 4.94. The Labute approximate surface area is 199 Å². The average Bonchev–Trinajstić information content (AvgIpc) is 3.27. The number of hydrogen-bond donors (Lipinski definition) is 1. The van der Waals surface area contributed by atoms with Gasteiger partial charge >= 0.3 is 5.97 Å². The summed E-state index contributed by atoms with van der Waals surface area (Å²) in [5.41, 5.74) is 3.03. The molecule has 1 saturated heterocycles. The minimum atomic E-state index is -0.452. The molecule has 1 N–H and O–H groups in total. The first-order valence-electron chi connectivity index (χ1n) is 11.0. The Morgan fingerprint density at radius 2 is 1.47 bits per heavy atom. The Morgan fingerprint density at radius 1 is 0.906 bits per heavy atom. The van der Waals surface area contributed by atoms with Gasteiger partial charge in [-0.1, -0.05) is 66.7 Å². The minimum Gasteiger partial charge on any atom is -1.00 e. The van der Waals surface area contributed by atoms with E-state index in [2.05, 4.69) is 38.1 Å². The van der Waals surface area contributed by atoms with Crippen LogP contribution in [0.1, 0.15) is 42.9 Å². The third-order valence-electron chi connectivity index (χ3n) is 6.82. The molecule has 5 heteroatoms. The molecule has 4 nitrogen and oxygen atoms in total. The molecule has 32 heavy (non-hydrogen) atoms. The van der Waals surface area contributed by atoms with E-state index in [0.717, 1.165) is 42.1 Å². The number of carbonyl (C=O) groups excluding carboxylic acids is 1. The van der Waals surface area contributed by atoms with Crippen molar-refractivity contribution in [2.45, 2.75) is 37.8 Å². The van der Waals surface area contributed by atoms with Crippen molar-refractivity contribution in [3.05, 3.63) is 95.6 Å². The van der Waals surface area contributed by atoms with E-state index in [4.69, 9.17) is 9.47 Å². The lowest BCUT2D eigenvalue weighted by molar-refractivity contribution is -0.946. The molecule has 1 fully saturated rings. The van der Waals surface area contributed by atoms with Crippen LogP contribution in [0.4, 0.5) is 0 Å². The molecule has 0 saturated carbocycles. The number of esters is 1. The monoisotopic (exact) mass is 493 g/mol. The van der Waals surface area contributed by atoms with Crippen molar-refractivity contribution >= 4 is 5.97 Å². The van der Waals surface area contributed by atoms with Gasteiger partial charge in [0.05, 0.1) is 6.54 Å². The zero-order valence-electron chi connectivity index (χ0n) is 18.4. The number of likely N-dealkylation sites (tertiary alicyclic amines) is 1. The second kappa shape index (κ2) is 9.08. The van der Waals surface area contributed by atoms with Gasteiger partial charge in [0.2, 0.25) is 0 Å². The molecule has 0 amide bonds. The lowest BCUT2D eigenvalue weighted by Gasteiger charge is -2.33. The van der Waals surface area contributed by atoms with Crippen LogP contribution in [-0.2, 0) is 15.1 Å². The second-order valence-electron chi connectivity index (χ2n) is 9.01. The van der Waals surface area contributed by atoms with Crippen molar-refractivity contribution in [1.29, 1.82) is 0 Å². The molecule has 0 spiro atoms. The molecule has 2 heterocycles. The van der Waals surface area contributed by atoms with E-state index in [1.165, 1.54) is 10.5 Å². The SMILES string of the molecule is CC(C)(c1ccccc1)[NH+]1CC[C@H](OC(=O)C2c3ccccc3Oc3ccccc32)C1.[Br-]. The highest BCUT2D eigenvalue weighted by atomic mass is 79.9. The van der Waals surface area contributed by atoms with Crippen LogP contribution < -0.4 is 26.6 Å². The van der Waals surface area contributed by atoms with Crippen molar-refractivity contribution in [3.63, 3.8) is 0 Å². The van der Waals surface area contributed by atoms with Crippen LogP contribution in [0.3, 0.4) is 0 Å². The van der Waals surface area contributed by atoms with E-state index in [0.29, 0.717) is 0 Å². The fraction of sp³-hybridized carbons (Fsp3) is 0.296. The molecule has 5 rings (SSSR count). The van der Waals surface area contributed by atoms with Crippen LogP contribution in [0.2, 0.25) is 0 Å². The molecule has 0 bridgehead atoms. The molecule has 2 aliphatic rings. The summed E-state index contributed by atoms with van der Waals surface area (Å²) in [6, 6.07) is 26.1. The highest BCUT2D eigenvalue weighted by Gasteiger charge is 2.42. The Hall–Kier alpha value is -2.63. The maximum atomic E-state index is 13.4. The topological polar surface area (TPSA) is 40.0 Å². The number of nitrogens with one attached hydrogen (secondary N) is 1. The number of halogens is 1. The quantitative estimate of drug-likeness (QED) is 0.552. The number of carbonyl (C=O) groups is 1. The van der Waals surface area contributed by atoms with Crippen molar-refractivity contribution < 1.29 is 36.1 Å². The summed E-state index contributed by atoms with van der Waals surface area (Å²) < 4.78 is 12.1. The molecule has 2 aliphatic heterocycles. The first-order chi connectivity index (χ1) is 15.0. The average molecular weight is 494 g/mol. The van der Waals surface area contributed by atoms with Gasteiger partial charge in [-0.25, -0.2) is 0 Å². The van der Waals surface area contributed by atoms with Gasteiger partial charge in [0.1, 0.15) is 29.5 Å². The number of fused-ring (bicyclic) bond motifs is 2. The third kappa shape index (κ3) is 4.07. The highest BCUT2D eigenvalue weighted by molar-refractivity contribution is 5.85. The molecule has 2 atom stereocenters. The van der Waals surface area contributed by atoms with Gasteiger partial charge in [0, 0.05) is 23.1 Å². The number of rotatable bonds is 4. The Morgan fingerprint density at radius 3 is 2.09 bits per heavy atom. The first kappa shape index (κ1) is 22.6. The van der Waals surface area contributed by atoms with E-state index >= 15 is 0 Å². The number of benzene rings is 3. The van der Waals surface area contributed by atoms with Gasteiger partial charge in [0.25, 0.3) is 0 Å². The summed E-state index contributed by atoms with van der Waals surface area (Å²) in [7, 11) is 0. The summed E-state index contributed by atoms with van der Waals surface area (Å²) in [5.74, 6) is 0.818. The maximum absolute atomic E-state index is 13.4. The van der Waals surface area contributed by atoms with Crippen LogP contribution in [0, 0.1) is 0 Å². The van der Waals surface area contributed by atoms with E-state index in [1.807, 2.05) is 54.6 Å². The third-order valence-corrected chi connectivity index (χ3v) is 6.82. The predicted octanol–water partition coefficient (Wildman–Crippen LogP) is 1.06. The van der Waals surface area contributed by atoms with Crippen LogP contribution in [0.15, 0.2) is 78.9 Å². The summed E-state index contributed by atoms with van der Waals surface area (Å²) in [4.78, 5) is 14.9. The second-order valence-corrected chi connectivity index (χ2v) is 9.01. The normalized spacial score (nSPS) is 19.8.